The fourth-order valence-corrected chi connectivity index (χ4v) is 2.74. The van der Waals surface area contributed by atoms with Crippen LogP contribution < -0.4 is 9.47 Å². The maximum absolute atomic E-state index is 12.5. The number of methoxy groups -OCH3 is 2. The van der Waals surface area contributed by atoms with Crippen LogP contribution in [-0.2, 0) is 11.3 Å². The molecule has 1 aromatic heterocycles. The summed E-state index contributed by atoms with van der Waals surface area (Å²) in [6.45, 7) is -0.233. The van der Waals surface area contributed by atoms with Crippen molar-refractivity contribution in [1.29, 1.82) is 0 Å². The number of aliphatic carboxylic acids is 1. The molecule has 0 fully saturated rings. The Bertz CT molecular complexity index is 662. The molecule has 0 aliphatic carbocycles. The molecule has 0 atom stereocenters. The van der Waals surface area contributed by atoms with E-state index in [9.17, 15) is 9.59 Å². The third kappa shape index (κ3) is 4.46. The van der Waals surface area contributed by atoms with Gasteiger partial charge in [0.25, 0.3) is 5.91 Å². The summed E-state index contributed by atoms with van der Waals surface area (Å²) in [4.78, 5) is 24.8. The summed E-state index contributed by atoms with van der Waals surface area (Å²) in [7, 11) is 3.06. The van der Waals surface area contributed by atoms with Gasteiger partial charge in [0, 0.05) is 18.0 Å². The Labute approximate surface area is 137 Å². The summed E-state index contributed by atoms with van der Waals surface area (Å²) >= 11 is 1.39. The second kappa shape index (κ2) is 7.64. The van der Waals surface area contributed by atoms with Crippen LogP contribution in [0.5, 0.6) is 11.5 Å². The van der Waals surface area contributed by atoms with Crippen LogP contribution in [0.2, 0.25) is 0 Å². The van der Waals surface area contributed by atoms with Gasteiger partial charge in [0.15, 0.2) is 0 Å². The van der Waals surface area contributed by atoms with E-state index in [1.165, 1.54) is 30.5 Å². The molecule has 2 aromatic rings. The molecule has 7 heteroatoms. The quantitative estimate of drug-likeness (QED) is 0.841. The molecule has 1 heterocycles. The standard InChI is InChI=1S/C16H17NO5S/c1-21-13-5-11(6-14(7-13)22-2)8-17(9-15(18)19)16(20)12-3-4-23-10-12/h3-7,10H,8-9H2,1-2H3,(H,18,19). The van der Waals surface area contributed by atoms with Gasteiger partial charge in [-0.1, -0.05) is 0 Å². The first-order valence-electron chi connectivity index (χ1n) is 6.78. The van der Waals surface area contributed by atoms with Crippen LogP contribution >= 0.6 is 11.3 Å². The van der Waals surface area contributed by atoms with E-state index >= 15 is 0 Å². The Kier molecular flexibility index (Phi) is 5.59. The number of benzene rings is 1. The summed E-state index contributed by atoms with van der Waals surface area (Å²) in [5.74, 6) is -0.228. The predicted octanol–water partition coefficient (Wildman–Crippen LogP) is 2.49. The third-order valence-corrected chi connectivity index (χ3v) is 3.85. The molecule has 0 unspecified atom stereocenters. The lowest BCUT2D eigenvalue weighted by Crippen LogP contribution is -2.35. The maximum atomic E-state index is 12.5. The van der Waals surface area contributed by atoms with E-state index in [-0.39, 0.29) is 19.0 Å². The first kappa shape index (κ1) is 16.8. The summed E-state index contributed by atoms with van der Waals surface area (Å²) in [5.41, 5.74) is 1.21. The van der Waals surface area contributed by atoms with Gasteiger partial charge in [0.2, 0.25) is 0 Å². The van der Waals surface area contributed by atoms with Crippen molar-refractivity contribution in [3.05, 3.63) is 46.2 Å². The summed E-state index contributed by atoms with van der Waals surface area (Å²) in [6, 6.07) is 6.89. The van der Waals surface area contributed by atoms with Gasteiger partial charge in [-0.05, 0) is 29.1 Å². The largest absolute Gasteiger partial charge is 0.497 e. The lowest BCUT2D eigenvalue weighted by Gasteiger charge is -2.21. The Morgan fingerprint density at radius 2 is 1.83 bits per heavy atom. The number of nitrogens with zero attached hydrogens (tertiary/aromatic N) is 1. The topological polar surface area (TPSA) is 76.1 Å². The first-order valence-corrected chi connectivity index (χ1v) is 7.73. The number of carboxylic acid groups (broad SMARTS) is 1. The lowest BCUT2D eigenvalue weighted by atomic mass is 10.1. The number of amides is 1. The lowest BCUT2D eigenvalue weighted by molar-refractivity contribution is -0.137. The SMILES string of the molecule is COc1cc(CN(CC(=O)O)C(=O)c2ccsc2)cc(OC)c1. The number of rotatable bonds is 7. The summed E-state index contributed by atoms with van der Waals surface area (Å²) in [5, 5.41) is 12.5. The van der Waals surface area contributed by atoms with Crippen molar-refractivity contribution >= 4 is 23.2 Å². The minimum Gasteiger partial charge on any atom is -0.497 e. The number of carbonyl (C=O) groups is 2. The Morgan fingerprint density at radius 3 is 2.30 bits per heavy atom. The molecule has 0 spiro atoms. The molecule has 122 valence electrons. The van der Waals surface area contributed by atoms with Crippen molar-refractivity contribution in [3.63, 3.8) is 0 Å². The second-order valence-electron chi connectivity index (χ2n) is 4.79. The highest BCUT2D eigenvalue weighted by Gasteiger charge is 2.20. The zero-order valence-electron chi connectivity index (χ0n) is 12.8. The van der Waals surface area contributed by atoms with Crippen molar-refractivity contribution in [2.45, 2.75) is 6.54 Å². The fraction of sp³-hybridized carbons (Fsp3) is 0.250. The Hall–Kier alpha value is -2.54. The van der Waals surface area contributed by atoms with Crippen molar-refractivity contribution in [1.82, 2.24) is 4.90 Å². The minimum absolute atomic E-state index is 0.147. The zero-order chi connectivity index (χ0) is 16.8. The molecule has 0 saturated heterocycles. The van der Waals surface area contributed by atoms with E-state index in [1.807, 2.05) is 0 Å². The number of thiophene rings is 1. The minimum atomic E-state index is -1.07. The Morgan fingerprint density at radius 1 is 1.17 bits per heavy atom. The smallest absolute Gasteiger partial charge is 0.323 e. The van der Waals surface area contributed by atoms with Crippen LogP contribution in [0.1, 0.15) is 15.9 Å². The number of hydrogen-bond donors (Lipinski definition) is 1. The van der Waals surface area contributed by atoms with Gasteiger partial charge >= 0.3 is 5.97 Å². The molecule has 0 radical (unpaired) electrons. The zero-order valence-corrected chi connectivity index (χ0v) is 13.6. The van der Waals surface area contributed by atoms with Crippen molar-refractivity contribution in [3.8, 4) is 11.5 Å². The van der Waals surface area contributed by atoms with E-state index in [0.717, 1.165) is 5.56 Å². The van der Waals surface area contributed by atoms with E-state index in [4.69, 9.17) is 14.6 Å². The number of hydrogen-bond acceptors (Lipinski definition) is 5. The van der Waals surface area contributed by atoms with Gasteiger partial charge in [0.05, 0.1) is 19.8 Å². The fourth-order valence-electron chi connectivity index (χ4n) is 2.11. The van der Waals surface area contributed by atoms with Gasteiger partial charge in [-0.2, -0.15) is 11.3 Å². The van der Waals surface area contributed by atoms with Crippen LogP contribution in [0.4, 0.5) is 0 Å². The van der Waals surface area contributed by atoms with Crippen molar-refractivity contribution in [2.24, 2.45) is 0 Å². The second-order valence-corrected chi connectivity index (χ2v) is 5.57. The molecule has 6 nitrogen and oxygen atoms in total. The molecule has 0 aliphatic rings. The molecule has 1 N–H and O–H groups in total. The molecule has 1 aromatic carbocycles. The average molecular weight is 335 g/mol. The van der Waals surface area contributed by atoms with Gasteiger partial charge in [-0.25, -0.2) is 0 Å². The molecule has 23 heavy (non-hydrogen) atoms. The van der Waals surface area contributed by atoms with Crippen molar-refractivity contribution < 1.29 is 24.2 Å². The molecule has 0 bridgehead atoms. The number of ether oxygens (including phenoxy) is 2. The van der Waals surface area contributed by atoms with E-state index < -0.39 is 5.97 Å². The normalized spacial score (nSPS) is 10.2. The molecular formula is C16H17NO5S. The average Bonchev–Trinajstić information content (AvgIpc) is 3.07. The maximum Gasteiger partial charge on any atom is 0.323 e. The summed E-state index contributed by atoms with van der Waals surface area (Å²) < 4.78 is 10.4. The van der Waals surface area contributed by atoms with Crippen LogP contribution in [0.25, 0.3) is 0 Å². The van der Waals surface area contributed by atoms with Gasteiger partial charge in [0.1, 0.15) is 18.0 Å². The highest BCUT2D eigenvalue weighted by molar-refractivity contribution is 7.08. The molecule has 0 aliphatic heterocycles. The number of carbonyl (C=O) groups excluding carboxylic acids is 1. The van der Waals surface area contributed by atoms with E-state index in [2.05, 4.69) is 0 Å². The summed E-state index contributed by atoms with van der Waals surface area (Å²) in [6.07, 6.45) is 0. The van der Waals surface area contributed by atoms with Crippen molar-refractivity contribution in [2.75, 3.05) is 20.8 Å². The molecular weight excluding hydrogens is 318 g/mol. The molecule has 0 saturated carbocycles. The Balaban J connectivity index is 2.27. The highest BCUT2D eigenvalue weighted by atomic mass is 32.1. The van der Waals surface area contributed by atoms with Crippen LogP contribution in [0.15, 0.2) is 35.0 Å². The van der Waals surface area contributed by atoms with E-state index in [1.54, 1.807) is 35.0 Å². The predicted molar refractivity (Wildman–Crippen MR) is 86.2 cm³/mol. The van der Waals surface area contributed by atoms with Crippen LogP contribution in [-0.4, -0.2) is 42.6 Å². The highest BCUT2D eigenvalue weighted by Crippen LogP contribution is 2.24. The first-order chi connectivity index (χ1) is 11.0. The van der Waals surface area contributed by atoms with Gasteiger partial charge in [-0.15, -0.1) is 0 Å². The monoisotopic (exact) mass is 335 g/mol. The van der Waals surface area contributed by atoms with Crippen LogP contribution in [0, 0.1) is 0 Å². The molecule has 2 rings (SSSR count). The van der Waals surface area contributed by atoms with Crippen LogP contribution in [0.3, 0.4) is 0 Å². The van der Waals surface area contributed by atoms with Gasteiger partial charge < -0.3 is 19.5 Å². The van der Waals surface area contributed by atoms with E-state index in [0.29, 0.717) is 17.1 Å². The third-order valence-electron chi connectivity index (χ3n) is 3.17. The number of carboxylic acids is 1. The molecule has 1 amide bonds. The van der Waals surface area contributed by atoms with Gasteiger partial charge in [-0.3, -0.25) is 9.59 Å².